The van der Waals surface area contributed by atoms with Crippen LogP contribution >= 0.6 is 11.3 Å². The Kier molecular flexibility index (Phi) is 3.74. The average Bonchev–Trinajstić information content (AvgIpc) is 2.58. The first kappa shape index (κ1) is 12.3. The van der Waals surface area contributed by atoms with Crippen LogP contribution in [0.4, 0.5) is 15.7 Å². The normalized spacial score (nSPS) is 12.1. The fraction of sp³-hybridized carbons (Fsp3) is 0.429. The van der Waals surface area contributed by atoms with Gasteiger partial charge in [-0.25, -0.2) is 0 Å². The van der Waals surface area contributed by atoms with Crippen molar-refractivity contribution in [2.24, 2.45) is 0 Å². The molecule has 0 aliphatic rings. The van der Waals surface area contributed by atoms with Crippen molar-refractivity contribution >= 4 is 27.0 Å². The number of anilines is 1. The molecule has 1 aromatic rings. The molecule has 1 aromatic heterocycles. The maximum absolute atomic E-state index is 10.6. The summed E-state index contributed by atoms with van der Waals surface area (Å²) in [6, 6.07) is 0.898. The molecule has 1 atom stereocenters. The summed E-state index contributed by atoms with van der Waals surface area (Å²) in [7, 11) is 0. The van der Waals surface area contributed by atoms with Gasteiger partial charge in [0, 0.05) is 6.54 Å². The number of thiophene rings is 1. The monoisotopic (exact) mass is 247 g/mol. The summed E-state index contributed by atoms with van der Waals surface area (Å²) in [6.45, 7) is 1.60. The van der Waals surface area contributed by atoms with Crippen molar-refractivity contribution in [3.8, 4) is 0 Å². The third kappa shape index (κ3) is 2.87. The van der Waals surface area contributed by atoms with Crippen LogP contribution in [0.2, 0.25) is 0 Å². The van der Waals surface area contributed by atoms with Gasteiger partial charge in [-0.15, -0.1) is 0 Å². The molecule has 0 amide bonds. The lowest BCUT2D eigenvalue weighted by molar-refractivity contribution is -0.389. The van der Waals surface area contributed by atoms with E-state index in [0.29, 0.717) is 11.3 Å². The van der Waals surface area contributed by atoms with Crippen LogP contribution < -0.4 is 5.32 Å². The van der Waals surface area contributed by atoms with E-state index in [1.54, 1.807) is 0 Å². The number of hydrogen-bond donors (Lipinski definition) is 2. The van der Waals surface area contributed by atoms with Crippen molar-refractivity contribution in [3.63, 3.8) is 0 Å². The van der Waals surface area contributed by atoms with Crippen LogP contribution in [0.15, 0.2) is 6.07 Å². The highest BCUT2D eigenvalue weighted by Gasteiger charge is 2.24. The molecule has 1 unspecified atom stereocenters. The Morgan fingerprint density at radius 3 is 2.56 bits per heavy atom. The number of nitrogens with one attached hydrogen (secondary N) is 1. The molecule has 0 saturated carbocycles. The number of nitrogens with zero attached hydrogens (tertiary/aromatic N) is 2. The van der Waals surface area contributed by atoms with E-state index in [-0.39, 0.29) is 22.2 Å². The molecule has 2 N–H and O–H groups in total. The molecule has 1 rings (SSSR count). The standard InChI is InChI=1S/C7H9N3O5S/c1-4(11)3-8-7-5(9(12)13)2-6(16-7)10(14)15/h2,4,8,11H,3H2,1H3. The molecule has 0 aromatic carbocycles. The second kappa shape index (κ2) is 4.86. The Morgan fingerprint density at radius 2 is 2.12 bits per heavy atom. The fourth-order valence-corrected chi connectivity index (χ4v) is 1.81. The molecule has 9 heteroatoms. The number of hydrogen-bond acceptors (Lipinski definition) is 7. The van der Waals surface area contributed by atoms with Gasteiger partial charge in [0.2, 0.25) is 0 Å². The minimum atomic E-state index is -0.701. The molecular weight excluding hydrogens is 238 g/mol. The van der Waals surface area contributed by atoms with Gasteiger partial charge >= 0.3 is 10.7 Å². The van der Waals surface area contributed by atoms with Gasteiger partial charge in [-0.05, 0) is 18.3 Å². The Balaban J connectivity index is 2.96. The van der Waals surface area contributed by atoms with E-state index in [2.05, 4.69) is 5.32 Å². The quantitative estimate of drug-likeness (QED) is 0.598. The zero-order valence-corrected chi connectivity index (χ0v) is 9.06. The van der Waals surface area contributed by atoms with Crippen LogP contribution in [-0.4, -0.2) is 27.6 Å². The van der Waals surface area contributed by atoms with E-state index < -0.39 is 16.0 Å². The second-order valence-electron chi connectivity index (χ2n) is 3.04. The van der Waals surface area contributed by atoms with Crippen LogP contribution in [-0.2, 0) is 0 Å². The van der Waals surface area contributed by atoms with E-state index in [4.69, 9.17) is 5.11 Å². The number of rotatable bonds is 5. The predicted molar refractivity (Wildman–Crippen MR) is 57.8 cm³/mol. The highest BCUT2D eigenvalue weighted by molar-refractivity contribution is 7.19. The van der Waals surface area contributed by atoms with E-state index in [0.717, 1.165) is 6.07 Å². The fourth-order valence-electron chi connectivity index (χ4n) is 0.961. The summed E-state index contributed by atoms with van der Waals surface area (Å²) < 4.78 is 0. The number of nitro groups is 2. The largest absolute Gasteiger partial charge is 0.392 e. The molecule has 0 saturated heterocycles. The molecule has 0 aliphatic heterocycles. The van der Waals surface area contributed by atoms with E-state index in [1.807, 2.05) is 0 Å². The molecule has 0 bridgehead atoms. The molecule has 1 heterocycles. The third-order valence-electron chi connectivity index (χ3n) is 1.63. The number of aliphatic hydroxyl groups excluding tert-OH is 1. The summed E-state index contributed by atoms with van der Waals surface area (Å²) in [5, 5.41) is 32.4. The topological polar surface area (TPSA) is 119 Å². The van der Waals surface area contributed by atoms with Gasteiger partial charge < -0.3 is 10.4 Å². The molecule has 0 aliphatic carbocycles. The van der Waals surface area contributed by atoms with Gasteiger partial charge in [0.15, 0.2) is 5.00 Å². The first-order valence-corrected chi connectivity index (χ1v) is 5.08. The smallest absolute Gasteiger partial charge is 0.333 e. The Labute approximate surface area is 93.8 Å². The lowest BCUT2D eigenvalue weighted by Gasteiger charge is -2.04. The van der Waals surface area contributed by atoms with Gasteiger partial charge in [-0.3, -0.25) is 20.2 Å². The van der Waals surface area contributed by atoms with Gasteiger partial charge in [-0.2, -0.15) is 0 Å². The maximum atomic E-state index is 10.6. The summed E-state index contributed by atoms with van der Waals surface area (Å²) in [4.78, 5) is 19.6. The van der Waals surface area contributed by atoms with Crippen LogP contribution in [0.1, 0.15) is 6.92 Å². The molecular formula is C7H9N3O5S. The third-order valence-corrected chi connectivity index (χ3v) is 2.67. The van der Waals surface area contributed by atoms with Gasteiger partial charge in [0.05, 0.1) is 16.0 Å². The SMILES string of the molecule is CC(O)CNc1sc([N+](=O)[O-])cc1[N+](=O)[O-]. The van der Waals surface area contributed by atoms with Gasteiger partial charge in [0.1, 0.15) is 6.07 Å². The lowest BCUT2D eigenvalue weighted by atomic mass is 10.4. The van der Waals surface area contributed by atoms with Crippen molar-refractivity contribution in [1.29, 1.82) is 0 Å². The van der Waals surface area contributed by atoms with Crippen LogP contribution in [0.25, 0.3) is 0 Å². The number of aliphatic hydroxyl groups is 1. The van der Waals surface area contributed by atoms with E-state index in [1.165, 1.54) is 6.92 Å². The lowest BCUT2D eigenvalue weighted by Crippen LogP contribution is -2.15. The first-order chi connectivity index (χ1) is 7.41. The zero-order valence-electron chi connectivity index (χ0n) is 8.24. The average molecular weight is 247 g/mol. The Hall–Kier alpha value is -1.74. The van der Waals surface area contributed by atoms with Crippen LogP contribution in [0, 0.1) is 20.2 Å². The van der Waals surface area contributed by atoms with Crippen molar-refractivity contribution in [2.45, 2.75) is 13.0 Å². The second-order valence-corrected chi connectivity index (χ2v) is 4.07. The minimum absolute atomic E-state index is 0.0811. The van der Waals surface area contributed by atoms with Gasteiger partial charge in [0.25, 0.3) is 0 Å². The molecule has 8 nitrogen and oxygen atoms in total. The molecule has 88 valence electrons. The zero-order chi connectivity index (χ0) is 12.3. The van der Waals surface area contributed by atoms with E-state index >= 15 is 0 Å². The Bertz CT molecular complexity index is 416. The molecule has 0 spiro atoms. The van der Waals surface area contributed by atoms with Crippen molar-refractivity contribution < 1.29 is 15.0 Å². The van der Waals surface area contributed by atoms with Crippen molar-refractivity contribution in [2.75, 3.05) is 11.9 Å². The van der Waals surface area contributed by atoms with Crippen molar-refractivity contribution in [3.05, 3.63) is 26.3 Å². The minimum Gasteiger partial charge on any atom is -0.392 e. The van der Waals surface area contributed by atoms with Gasteiger partial charge in [-0.1, -0.05) is 0 Å². The van der Waals surface area contributed by atoms with Crippen molar-refractivity contribution in [1.82, 2.24) is 0 Å². The molecule has 0 radical (unpaired) electrons. The van der Waals surface area contributed by atoms with Crippen LogP contribution in [0.3, 0.4) is 0 Å². The highest BCUT2D eigenvalue weighted by atomic mass is 32.1. The summed E-state index contributed by atoms with van der Waals surface area (Å²) >= 11 is 0.675. The summed E-state index contributed by atoms with van der Waals surface area (Å²) in [5.41, 5.74) is -0.350. The van der Waals surface area contributed by atoms with E-state index in [9.17, 15) is 20.2 Å². The Morgan fingerprint density at radius 1 is 1.50 bits per heavy atom. The van der Waals surface area contributed by atoms with Crippen LogP contribution in [0.5, 0.6) is 0 Å². The molecule has 0 fully saturated rings. The first-order valence-electron chi connectivity index (χ1n) is 4.26. The predicted octanol–water partition coefficient (Wildman–Crippen LogP) is 1.36. The summed E-state index contributed by atoms with van der Waals surface area (Å²) in [5.74, 6) is 0. The molecule has 16 heavy (non-hydrogen) atoms. The maximum Gasteiger partial charge on any atom is 0.333 e. The highest BCUT2D eigenvalue weighted by Crippen LogP contribution is 2.38. The summed E-state index contributed by atoms with van der Waals surface area (Å²) in [6.07, 6.45) is -0.694.